The van der Waals surface area contributed by atoms with Crippen molar-refractivity contribution in [3.05, 3.63) is 97.9 Å². The van der Waals surface area contributed by atoms with E-state index in [9.17, 15) is 0 Å². The van der Waals surface area contributed by atoms with Crippen LogP contribution < -0.4 is 0 Å². The van der Waals surface area contributed by atoms with Crippen molar-refractivity contribution >= 4 is 19.0 Å². The van der Waals surface area contributed by atoms with E-state index in [4.69, 9.17) is 4.42 Å². The van der Waals surface area contributed by atoms with Gasteiger partial charge in [0.1, 0.15) is 11.3 Å². The number of benzene rings is 1. The van der Waals surface area contributed by atoms with Crippen LogP contribution >= 0.6 is 0 Å². The third-order valence-corrected chi connectivity index (χ3v) is 6.92. The molecule has 4 rings (SSSR count). The van der Waals surface area contributed by atoms with Gasteiger partial charge in [0.2, 0.25) is 0 Å². The number of rotatable bonds is 4. The van der Waals surface area contributed by atoms with Crippen molar-refractivity contribution in [1.29, 1.82) is 0 Å². The SMILES string of the molecule is C[Si](C)(C)[C]1[CH][CH][CH][CH]1.Cc1ccc2oc([C]3[CH][CH][CH][C]3CN(C)C)cc2c1.[Fe]. The van der Waals surface area contributed by atoms with Crippen LogP contribution in [0.1, 0.15) is 11.3 Å². The number of aryl methyl sites for hydroxylation is 1. The average Bonchev–Trinajstić information content (AvgIpc) is 3.34. The van der Waals surface area contributed by atoms with Crippen molar-refractivity contribution in [3.8, 4) is 0 Å². The van der Waals surface area contributed by atoms with Gasteiger partial charge in [0.25, 0.3) is 0 Å². The molecule has 0 bridgehead atoms. The zero-order chi connectivity index (χ0) is 20.3. The number of fused-ring (bicyclic) bond motifs is 1. The quantitative estimate of drug-likeness (QED) is 0.562. The van der Waals surface area contributed by atoms with Gasteiger partial charge in [0.05, 0.1) is 14.0 Å². The summed E-state index contributed by atoms with van der Waals surface area (Å²) in [5.41, 5.74) is 3.77. The Kier molecular flexibility index (Phi) is 9.09. The van der Waals surface area contributed by atoms with Crippen LogP contribution in [-0.2, 0) is 17.1 Å². The van der Waals surface area contributed by atoms with Gasteiger partial charge in [-0.3, -0.25) is 0 Å². The molecule has 0 N–H and O–H groups in total. The van der Waals surface area contributed by atoms with E-state index in [0.29, 0.717) is 0 Å². The van der Waals surface area contributed by atoms with Crippen LogP contribution in [0.15, 0.2) is 28.7 Å². The minimum Gasteiger partial charge on any atom is -0.460 e. The molecule has 29 heavy (non-hydrogen) atoms. The van der Waals surface area contributed by atoms with E-state index in [0.717, 1.165) is 17.9 Å². The third kappa shape index (κ3) is 6.72. The van der Waals surface area contributed by atoms with Crippen molar-refractivity contribution in [2.75, 3.05) is 20.6 Å². The van der Waals surface area contributed by atoms with E-state index >= 15 is 0 Å². The number of hydrogen-bond acceptors (Lipinski definition) is 2. The van der Waals surface area contributed by atoms with Crippen molar-refractivity contribution in [1.82, 2.24) is 4.90 Å². The van der Waals surface area contributed by atoms with Crippen molar-refractivity contribution < 1.29 is 21.5 Å². The van der Waals surface area contributed by atoms with Gasteiger partial charge in [-0.15, -0.1) is 0 Å². The maximum Gasteiger partial charge on any atom is 0.134 e. The first-order valence-electron chi connectivity index (χ1n) is 9.86. The molecule has 2 nitrogen and oxygen atoms in total. The van der Waals surface area contributed by atoms with Gasteiger partial charge in [-0.1, -0.05) is 31.3 Å². The first-order chi connectivity index (χ1) is 13.2. The van der Waals surface area contributed by atoms with Gasteiger partial charge in [-0.05, 0) is 89.7 Å². The minimum absolute atomic E-state index is 0. The standard InChI is InChI=1S/C17H18NO.C8H13Si.Fe/c1-12-7-8-16-14(9-12)10-17(19-16)15-6-4-5-13(15)11-18(2)3;1-9(2,3)8-6-4-5-7-8;/h4-10H,11H2,1-3H3;4-7H,1-3H3;. The molecule has 1 aromatic carbocycles. The molecule has 4 heteroatoms. The Bertz CT molecular complexity index is 758. The molecule has 154 valence electrons. The molecule has 0 unspecified atom stereocenters. The molecule has 2 aliphatic rings. The van der Waals surface area contributed by atoms with Crippen LogP contribution in [0.5, 0.6) is 0 Å². The van der Waals surface area contributed by atoms with Crippen molar-refractivity contribution in [3.63, 3.8) is 0 Å². The van der Waals surface area contributed by atoms with Crippen LogP contribution in [0, 0.1) is 69.2 Å². The predicted octanol–water partition coefficient (Wildman–Crippen LogP) is 5.69. The molecular formula is C25H31FeNOSi. The van der Waals surface area contributed by atoms with Gasteiger partial charge in [-0.25, -0.2) is 0 Å². The fourth-order valence-corrected chi connectivity index (χ4v) is 4.54. The average molecular weight is 445 g/mol. The summed E-state index contributed by atoms with van der Waals surface area (Å²) in [6, 6.07) is 8.43. The van der Waals surface area contributed by atoms with E-state index < -0.39 is 8.07 Å². The third-order valence-electron chi connectivity index (χ3n) is 4.86. The fraction of sp³-hybridized carbons (Fsp3) is 0.280. The van der Waals surface area contributed by atoms with Crippen LogP contribution in [0.4, 0.5) is 0 Å². The van der Waals surface area contributed by atoms with Gasteiger partial charge in [-0.2, -0.15) is 0 Å². The second kappa shape index (κ2) is 10.7. The van der Waals surface area contributed by atoms with Crippen LogP contribution in [0.25, 0.3) is 11.0 Å². The molecule has 10 radical (unpaired) electrons. The zero-order valence-corrected chi connectivity index (χ0v) is 20.4. The first-order valence-corrected chi connectivity index (χ1v) is 13.4. The van der Waals surface area contributed by atoms with Gasteiger partial charge in [0, 0.05) is 34.9 Å². The first kappa shape index (κ1) is 24.7. The largest absolute Gasteiger partial charge is 0.460 e. The van der Waals surface area contributed by atoms with E-state index in [-0.39, 0.29) is 17.1 Å². The smallest absolute Gasteiger partial charge is 0.134 e. The Morgan fingerprint density at radius 2 is 1.59 bits per heavy atom. The van der Waals surface area contributed by atoms with Gasteiger partial charge >= 0.3 is 0 Å². The Labute approximate surface area is 190 Å². The molecule has 0 aliphatic heterocycles. The Morgan fingerprint density at radius 3 is 2.17 bits per heavy atom. The van der Waals surface area contributed by atoms with Gasteiger partial charge in [0.15, 0.2) is 0 Å². The summed E-state index contributed by atoms with van der Waals surface area (Å²) >= 11 is 0. The van der Waals surface area contributed by atoms with E-state index in [1.807, 2.05) is 6.07 Å². The molecule has 2 fully saturated rings. The summed E-state index contributed by atoms with van der Waals surface area (Å²) in [5, 5.41) is 1.17. The summed E-state index contributed by atoms with van der Waals surface area (Å²) in [5.74, 6) is 3.46. The fourth-order valence-electron chi connectivity index (χ4n) is 3.35. The van der Waals surface area contributed by atoms with E-state index in [2.05, 4.69) is 109 Å². The Hall–Kier alpha value is -0.544. The topological polar surface area (TPSA) is 16.4 Å². The summed E-state index contributed by atoms with van der Waals surface area (Å²) in [7, 11) is 3.18. The monoisotopic (exact) mass is 445 g/mol. The maximum atomic E-state index is 5.97. The Morgan fingerprint density at radius 1 is 0.897 bits per heavy atom. The molecule has 0 atom stereocenters. The molecule has 1 aromatic heterocycles. The Balaban J connectivity index is 0.000000255. The summed E-state index contributed by atoms with van der Waals surface area (Å²) in [6.45, 7) is 10.1. The van der Waals surface area contributed by atoms with Crippen molar-refractivity contribution in [2.45, 2.75) is 26.6 Å². The number of furan rings is 1. The van der Waals surface area contributed by atoms with Gasteiger partial charge < -0.3 is 9.32 Å². The molecule has 1 heterocycles. The molecule has 2 aliphatic carbocycles. The second-order valence-electron chi connectivity index (χ2n) is 8.78. The number of nitrogens with zero attached hydrogens (tertiary/aromatic N) is 1. The molecule has 0 saturated heterocycles. The summed E-state index contributed by atoms with van der Waals surface area (Å²) in [4.78, 5) is 2.17. The normalized spacial score (nSPS) is 18.9. The van der Waals surface area contributed by atoms with Crippen molar-refractivity contribution in [2.24, 2.45) is 0 Å². The van der Waals surface area contributed by atoms with Crippen LogP contribution in [-0.4, -0.2) is 33.6 Å². The second-order valence-corrected chi connectivity index (χ2v) is 13.9. The maximum absolute atomic E-state index is 5.97. The molecule has 2 saturated carbocycles. The van der Waals surface area contributed by atoms with Crippen LogP contribution in [0.3, 0.4) is 0 Å². The minimum atomic E-state index is -0.981. The summed E-state index contributed by atoms with van der Waals surface area (Å²) in [6.07, 6.45) is 15.1. The molecule has 2 aromatic rings. The molecule has 0 spiro atoms. The van der Waals surface area contributed by atoms with E-state index in [1.54, 1.807) is 5.54 Å². The number of hydrogen-bond donors (Lipinski definition) is 0. The molecular weight excluding hydrogens is 414 g/mol. The predicted molar refractivity (Wildman–Crippen MR) is 122 cm³/mol. The summed E-state index contributed by atoms with van der Waals surface area (Å²) < 4.78 is 5.97. The van der Waals surface area contributed by atoms with E-state index in [1.165, 1.54) is 22.8 Å². The molecule has 0 amide bonds. The van der Waals surface area contributed by atoms with Crippen LogP contribution in [0.2, 0.25) is 19.6 Å². The zero-order valence-electron chi connectivity index (χ0n) is 18.3.